The summed E-state index contributed by atoms with van der Waals surface area (Å²) >= 11 is 0. The van der Waals surface area contributed by atoms with Gasteiger partial charge in [-0.1, -0.05) is 30.3 Å². The van der Waals surface area contributed by atoms with Gasteiger partial charge in [0.2, 0.25) is 5.91 Å². The third-order valence-electron chi connectivity index (χ3n) is 4.84. The van der Waals surface area contributed by atoms with Gasteiger partial charge in [-0.3, -0.25) is 9.59 Å². The fourth-order valence-corrected chi connectivity index (χ4v) is 3.29. The molecule has 2 aromatic rings. The first-order chi connectivity index (χ1) is 12.0. The second-order valence-electron chi connectivity index (χ2n) is 6.72. The zero-order valence-electron chi connectivity index (χ0n) is 14.4. The summed E-state index contributed by atoms with van der Waals surface area (Å²) in [7, 11) is 0. The van der Waals surface area contributed by atoms with E-state index < -0.39 is 11.9 Å². The Bertz CT molecular complexity index is 780. The molecule has 25 heavy (non-hydrogen) atoms. The number of aliphatic carboxylic acids is 1. The second kappa shape index (κ2) is 7.51. The zero-order valence-corrected chi connectivity index (χ0v) is 14.4. The van der Waals surface area contributed by atoms with Crippen molar-refractivity contribution in [1.29, 1.82) is 0 Å². The van der Waals surface area contributed by atoms with Crippen molar-refractivity contribution in [3.63, 3.8) is 0 Å². The van der Waals surface area contributed by atoms with Gasteiger partial charge in [0.05, 0.1) is 12.3 Å². The molecule has 1 atom stereocenters. The van der Waals surface area contributed by atoms with Gasteiger partial charge < -0.3 is 10.4 Å². The van der Waals surface area contributed by atoms with E-state index in [4.69, 9.17) is 5.11 Å². The molecular weight excluding hydrogens is 314 g/mol. The Balaban J connectivity index is 1.62. The summed E-state index contributed by atoms with van der Waals surface area (Å²) in [5.74, 6) is -1.47. The fourth-order valence-electron chi connectivity index (χ4n) is 3.29. The van der Waals surface area contributed by atoms with Crippen LogP contribution in [0.15, 0.2) is 42.5 Å². The van der Waals surface area contributed by atoms with E-state index in [1.807, 2.05) is 6.07 Å². The lowest BCUT2D eigenvalue weighted by Crippen LogP contribution is -2.15. The maximum Gasteiger partial charge on any atom is 0.310 e. The van der Waals surface area contributed by atoms with E-state index in [0.717, 1.165) is 24.0 Å². The first kappa shape index (κ1) is 17.2. The number of nitrogens with one attached hydrogen (secondary N) is 1. The number of benzene rings is 2. The number of hydrogen-bond donors (Lipinski definition) is 2. The van der Waals surface area contributed by atoms with E-state index in [9.17, 15) is 9.59 Å². The van der Waals surface area contributed by atoms with E-state index in [-0.39, 0.29) is 5.91 Å². The Labute approximate surface area is 147 Å². The summed E-state index contributed by atoms with van der Waals surface area (Å²) in [5.41, 5.74) is 5.24. The van der Waals surface area contributed by atoms with Gasteiger partial charge in [-0.15, -0.1) is 0 Å². The number of rotatable bonds is 5. The number of aryl methyl sites for hydroxylation is 2. The zero-order chi connectivity index (χ0) is 17.8. The van der Waals surface area contributed by atoms with Gasteiger partial charge in [-0.25, -0.2) is 0 Å². The molecular formula is C21H23NO3. The van der Waals surface area contributed by atoms with Crippen molar-refractivity contribution in [3.05, 3.63) is 64.7 Å². The van der Waals surface area contributed by atoms with Crippen molar-refractivity contribution in [2.24, 2.45) is 0 Å². The molecule has 0 spiro atoms. The number of hydrogen-bond acceptors (Lipinski definition) is 2. The summed E-state index contributed by atoms with van der Waals surface area (Å²) in [4.78, 5) is 23.3. The minimum Gasteiger partial charge on any atom is -0.481 e. The predicted molar refractivity (Wildman–Crippen MR) is 97.9 cm³/mol. The van der Waals surface area contributed by atoms with Crippen LogP contribution in [0.25, 0.3) is 0 Å². The van der Waals surface area contributed by atoms with Crippen LogP contribution < -0.4 is 5.32 Å². The maximum atomic E-state index is 12.3. The highest BCUT2D eigenvalue weighted by Crippen LogP contribution is 2.23. The lowest BCUT2D eigenvalue weighted by atomic mass is 9.90. The van der Waals surface area contributed by atoms with Crippen LogP contribution in [0.2, 0.25) is 0 Å². The molecule has 4 nitrogen and oxygen atoms in total. The number of carbonyl (C=O) groups excluding carboxylic acids is 1. The Hall–Kier alpha value is -2.62. The van der Waals surface area contributed by atoms with Gasteiger partial charge in [0, 0.05) is 5.69 Å². The normalized spacial score (nSPS) is 14.4. The second-order valence-corrected chi connectivity index (χ2v) is 6.72. The van der Waals surface area contributed by atoms with Gasteiger partial charge in [0.15, 0.2) is 0 Å². The molecule has 1 aliphatic carbocycles. The van der Waals surface area contributed by atoms with Crippen LogP contribution >= 0.6 is 0 Å². The number of amides is 1. The van der Waals surface area contributed by atoms with Crippen molar-refractivity contribution in [2.75, 3.05) is 5.32 Å². The SMILES string of the molecule is CC(C(=O)O)c1ccc(NC(=O)Cc2ccc3c(c2)CCCC3)cc1. The van der Waals surface area contributed by atoms with Crippen LogP contribution in [0.3, 0.4) is 0 Å². The van der Waals surface area contributed by atoms with Crippen LogP contribution in [0.1, 0.15) is 47.9 Å². The van der Waals surface area contributed by atoms with E-state index in [1.54, 1.807) is 31.2 Å². The average molecular weight is 337 g/mol. The van der Waals surface area contributed by atoms with Crippen LogP contribution in [-0.2, 0) is 28.9 Å². The molecule has 2 N–H and O–H groups in total. The summed E-state index contributed by atoms with van der Waals surface area (Å²) < 4.78 is 0. The molecule has 0 aromatic heterocycles. The Morgan fingerprint density at radius 1 is 1.04 bits per heavy atom. The van der Waals surface area contributed by atoms with Crippen LogP contribution in [0, 0.1) is 0 Å². The fraction of sp³-hybridized carbons (Fsp3) is 0.333. The van der Waals surface area contributed by atoms with Crippen molar-refractivity contribution in [2.45, 2.75) is 44.9 Å². The number of anilines is 1. The third kappa shape index (κ3) is 4.27. The highest BCUT2D eigenvalue weighted by atomic mass is 16.4. The highest BCUT2D eigenvalue weighted by molar-refractivity contribution is 5.92. The van der Waals surface area contributed by atoms with Crippen molar-refractivity contribution >= 4 is 17.6 Å². The standard InChI is InChI=1S/C21H23NO3/c1-14(21(24)25)16-8-10-19(11-9-16)22-20(23)13-15-6-7-17-4-2-3-5-18(17)12-15/h6-12,14H,2-5,13H2,1H3,(H,22,23)(H,24,25). The summed E-state index contributed by atoms with van der Waals surface area (Å²) in [5, 5.41) is 11.9. The maximum absolute atomic E-state index is 12.3. The molecule has 4 heteroatoms. The number of fused-ring (bicyclic) bond motifs is 1. The number of carbonyl (C=O) groups is 2. The predicted octanol–water partition coefficient (Wildman–Crippen LogP) is 3.93. The first-order valence-electron chi connectivity index (χ1n) is 8.76. The molecule has 1 aliphatic rings. The lowest BCUT2D eigenvalue weighted by molar-refractivity contribution is -0.138. The molecule has 2 aromatic carbocycles. The molecule has 0 bridgehead atoms. The first-order valence-corrected chi connectivity index (χ1v) is 8.76. The summed E-state index contributed by atoms with van der Waals surface area (Å²) in [6.45, 7) is 1.64. The number of carboxylic acid groups (broad SMARTS) is 1. The van der Waals surface area contributed by atoms with E-state index in [0.29, 0.717) is 12.1 Å². The van der Waals surface area contributed by atoms with E-state index in [2.05, 4.69) is 17.4 Å². The lowest BCUT2D eigenvalue weighted by Gasteiger charge is -2.16. The topological polar surface area (TPSA) is 66.4 Å². The monoisotopic (exact) mass is 337 g/mol. The molecule has 0 heterocycles. The van der Waals surface area contributed by atoms with Crippen LogP contribution in [0.4, 0.5) is 5.69 Å². The molecule has 0 saturated carbocycles. The largest absolute Gasteiger partial charge is 0.481 e. The molecule has 3 rings (SSSR count). The molecule has 0 aliphatic heterocycles. The molecule has 1 unspecified atom stereocenters. The molecule has 0 saturated heterocycles. The van der Waals surface area contributed by atoms with Gasteiger partial charge in [-0.05, 0) is 67.0 Å². The van der Waals surface area contributed by atoms with Gasteiger partial charge in [-0.2, -0.15) is 0 Å². The van der Waals surface area contributed by atoms with Gasteiger partial charge in [0.25, 0.3) is 0 Å². The summed E-state index contributed by atoms with van der Waals surface area (Å²) in [6, 6.07) is 13.3. The summed E-state index contributed by atoms with van der Waals surface area (Å²) in [6.07, 6.45) is 5.07. The van der Waals surface area contributed by atoms with E-state index >= 15 is 0 Å². The Morgan fingerprint density at radius 3 is 2.40 bits per heavy atom. The third-order valence-corrected chi connectivity index (χ3v) is 4.84. The molecule has 0 fully saturated rings. The quantitative estimate of drug-likeness (QED) is 0.868. The minimum atomic E-state index is -0.857. The minimum absolute atomic E-state index is 0.0604. The van der Waals surface area contributed by atoms with Crippen LogP contribution in [0.5, 0.6) is 0 Å². The Morgan fingerprint density at radius 2 is 1.72 bits per heavy atom. The number of carboxylic acids is 1. The van der Waals surface area contributed by atoms with Crippen molar-refractivity contribution in [1.82, 2.24) is 0 Å². The smallest absolute Gasteiger partial charge is 0.310 e. The van der Waals surface area contributed by atoms with Gasteiger partial charge in [0.1, 0.15) is 0 Å². The molecule has 1 amide bonds. The van der Waals surface area contributed by atoms with Crippen LogP contribution in [-0.4, -0.2) is 17.0 Å². The van der Waals surface area contributed by atoms with Crippen molar-refractivity contribution in [3.8, 4) is 0 Å². The highest BCUT2D eigenvalue weighted by Gasteiger charge is 2.14. The van der Waals surface area contributed by atoms with E-state index in [1.165, 1.54) is 24.0 Å². The van der Waals surface area contributed by atoms with Gasteiger partial charge >= 0.3 is 5.97 Å². The van der Waals surface area contributed by atoms with Crippen molar-refractivity contribution < 1.29 is 14.7 Å². The Kier molecular flexibility index (Phi) is 5.17. The molecule has 130 valence electrons. The average Bonchev–Trinajstić information content (AvgIpc) is 2.61. The molecule has 0 radical (unpaired) electrons.